The van der Waals surface area contributed by atoms with Crippen LogP contribution in [0.4, 0.5) is 0 Å². The zero-order valence-electron chi connectivity index (χ0n) is 13.0. The van der Waals surface area contributed by atoms with Crippen LogP contribution in [0, 0.1) is 6.92 Å². The summed E-state index contributed by atoms with van der Waals surface area (Å²) in [5.74, 6) is 1.59. The Bertz CT molecular complexity index is 980. The number of benzene rings is 1. The van der Waals surface area contributed by atoms with Crippen molar-refractivity contribution in [1.29, 1.82) is 0 Å². The maximum Gasteiger partial charge on any atom is 0.213 e. The molecule has 1 fully saturated rings. The molecule has 0 aliphatic heterocycles. The van der Waals surface area contributed by atoms with E-state index in [0.29, 0.717) is 5.92 Å². The maximum atomic E-state index is 4.59. The molecule has 120 valence electrons. The Morgan fingerprint density at radius 3 is 2.75 bits per heavy atom. The topological polar surface area (TPSA) is 60.9 Å². The number of aromatic nitrogens is 6. The average molecular weight is 354 g/mol. The Hall–Kier alpha value is -2.19. The number of fused-ring (bicyclic) bond motifs is 1. The number of hydrogen-bond acceptors (Lipinski definition) is 6. The van der Waals surface area contributed by atoms with Crippen molar-refractivity contribution in [3.05, 3.63) is 48.0 Å². The summed E-state index contributed by atoms with van der Waals surface area (Å²) in [6, 6.07) is 10.3. The molecule has 0 atom stereocenters. The van der Waals surface area contributed by atoms with Gasteiger partial charge in [-0.3, -0.25) is 4.57 Å². The summed E-state index contributed by atoms with van der Waals surface area (Å²) < 4.78 is 4.91. The molecule has 3 aromatic heterocycles. The number of para-hydroxylation sites is 1. The molecule has 0 N–H and O–H groups in total. The second-order valence-electron chi connectivity index (χ2n) is 5.87. The van der Waals surface area contributed by atoms with Gasteiger partial charge in [0, 0.05) is 11.6 Å². The van der Waals surface area contributed by atoms with Gasteiger partial charge in [-0.05, 0) is 43.7 Å². The van der Waals surface area contributed by atoms with E-state index in [1.807, 2.05) is 35.8 Å². The third-order valence-electron chi connectivity index (χ3n) is 3.94. The van der Waals surface area contributed by atoms with E-state index in [1.165, 1.54) is 12.8 Å². The van der Waals surface area contributed by atoms with Gasteiger partial charge in [-0.1, -0.05) is 29.5 Å². The Morgan fingerprint density at radius 1 is 1.17 bits per heavy atom. The van der Waals surface area contributed by atoms with E-state index < -0.39 is 0 Å². The monoisotopic (exact) mass is 354 g/mol. The highest BCUT2D eigenvalue weighted by atomic mass is 32.2. The molecule has 8 heteroatoms. The van der Waals surface area contributed by atoms with Crippen LogP contribution < -0.4 is 0 Å². The van der Waals surface area contributed by atoms with Crippen molar-refractivity contribution in [1.82, 2.24) is 29.4 Å². The van der Waals surface area contributed by atoms with Crippen LogP contribution in [-0.4, -0.2) is 29.4 Å². The Balaban J connectivity index is 1.56. The van der Waals surface area contributed by atoms with Gasteiger partial charge in [-0.25, -0.2) is 9.50 Å². The van der Waals surface area contributed by atoms with Crippen LogP contribution in [0.3, 0.4) is 0 Å². The predicted octanol–water partition coefficient (Wildman–Crippen LogP) is 3.71. The smallest absolute Gasteiger partial charge is 0.213 e. The van der Waals surface area contributed by atoms with Gasteiger partial charge in [-0.15, -0.1) is 15.3 Å². The number of aryl methyl sites for hydroxylation is 1. The molecule has 0 amide bonds. The first-order valence-electron chi connectivity index (χ1n) is 7.79. The van der Waals surface area contributed by atoms with E-state index in [1.54, 1.807) is 23.1 Å². The highest BCUT2D eigenvalue weighted by Gasteiger charge is 2.31. The normalized spacial score (nSPS) is 14.5. The molecule has 1 aromatic carbocycles. The minimum Gasteiger partial charge on any atom is -0.273 e. The number of imidazole rings is 1. The highest BCUT2D eigenvalue weighted by Crippen LogP contribution is 2.42. The summed E-state index contributed by atoms with van der Waals surface area (Å²) in [5.41, 5.74) is 2.08. The van der Waals surface area contributed by atoms with Crippen molar-refractivity contribution >= 4 is 28.1 Å². The molecule has 1 aliphatic carbocycles. The first kappa shape index (κ1) is 14.2. The van der Waals surface area contributed by atoms with Gasteiger partial charge in [-0.2, -0.15) is 0 Å². The van der Waals surface area contributed by atoms with Gasteiger partial charge in [0.25, 0.3) is 0 Å². The van der Waals surface area contributed by atoms with Crippen molar-refractivity contribution in [2.45, 2.75) is 35.2 Å². The standard InChI is InChI=1S/C16H14N6S2/c1-10-9-21-14(17-10)23-16(20-21)24-15-19-18-13(11-7-8-11)22(15)12-5-3-2-4-6-12/h2-6,9,11H,7-8H2,1H3. The van der Waals surface area contributed by atoms with E-state index in [9.17, 15) is 0 Å². The van der Waals surface area contributed by atoms with E-state index >= 15 is 0 Å². The second-order valence-corrected chi connectivity index (χ2v) is 8.04. The van der Waals surface area contributed by atoms with Gasteiger partial charge in [0.15, 0.2) is 4.34 Å². The van der Waals surface area contributed by atoms with Crippen molar-refractivity contribution in [2.75, 3.05) is 0 Å². The molecule has 0 bridgehead atoms. The predicted molar refractivity (Wildman–Crippen MR) is 93.1 cm³/mol. The summed E-state index contributed by atoms with van der Waals surface area (Å²) in [4.78, 5) is 5.37. The molecule has 3 heterocycles. The Kier molecular flexibility index (Phi) is 3.20. The molecule has 1 saturated carbocycles. The molecule has 1 aliphatic rings. The second kappa shape index (κ2) is 5.42. The van der Waals surface area contributed by atoms with Crippen LogP contribution in [-0.2, 0) is 0 Å². The van der Waals surface area contributed by atoms with E-state index in [2.05, 4.69) is 37.0 Å². The van der Waals surface area contributed by atoms with Gasteiger partial charge in [0.2, 0.25) is 10.1 Å². The van der Waals surface area contributed by atoms with E-state index in [4.69, 9.17) is 0 Å². The molecule has 0 saturated heterocycles. The third kappa shape index (κ3) is 2.42. The van der Waals surface area contributed by atoms with E-state index in [-0.39, 0.29) is 0 Å². The minimum absolute atomic E-state index is 0.531. The largest absolute Gasteiger partial charge is 0.273 e. The molecular formula is C16H14N6S2. The van der Waals surface area contributed by atoms with Crippen molar-refractivity contribution in [3.8, 4) is 5.69 Å². The third-order valence-corrected chi connectivity index (χ3v) is 5.86. The lowest BCUT2D eigenvalue weighted by Crippen LogP contribution is -2.01. The van der Waals surface area contributed by atoms with Crippen LogP contribution in [0.5, 0.6) is 0 Å². The van der Waals surface area contributed by atoms with Gasteiger partial charge < -0.3 is 0 Å². The quantitative estimate of drug-likeness (QED) is 0.559. The lowest BCUT2D eigenvalue weighted by molar-refractivity contribution is 0.827. The van der Waals surface area contributed by atoms with Crippen LogP contribution in [0.15, 0.2) is 46.0 Å². The minimum atomic E-state index is 0.531. The zero-order valence-corrected chi connectivity index (χ0v) is 14.6. The van der Waals surface area contributed by atoms with E-state index in [0.717, 1.165) is 31.7 Å². The molecule has 0 unspecified atom stereocenters. The Morgan fingerprint density at radius 2 is 2.00 bits per heavy atom. The first-order valence-corrected chi connectivity index (χ1v) is 9.42. The van der Waals surface area contributed by atoms with Crippen molar-refractivity contribution in [2.24, 2.45) is 0 Å². The molecule has 4 aromatic rings. The first-order chi connectivity index (χ1) is 11.8. The molecule has 0 spiro atoms. The maximum absolute atomic E-state index is 4.59. The summed E-state index contributed by atoms with van der Waals surface area (Å²) >= 11 is 3.12. The lowest BCUT2D eigenvalue weighted by Gasteiger charge is -2.08. The summed E-state index contributed by atoms with van der Waals surface area (Å²) in [7, 11) is 0. The number of rotatable bonds is 4. The molecule has 6 nitrogen and oxygen atoms in total. The van der Waals surface area contributed by atoms with Crippen molar-refractivity contribution in [3.63, 3.8) is 0 Å². The zero-order chi connectivity index (χ0) is 16.1. The molecule has 5 rings (SSSR count). The van der Waals surface area contributed by atoms with Crippen LogP contribution in [0.1, 0.15) is 30.3 Å². The summed E-state index contributed by atoms with van der Waals surface area (Å²) in [6.07, 6.45) is 4.33. The molecule has 24 heavy (non-hydrogen) atoms. The fraction of sp³-hybridized carbons (Fsp3) is 0.250. The van der Waals surface area contributed by atoms with Crippen LogP contribution >= 0.6 is 23.1 Å². The van der Waals surface area contributed by atoms with Gasteiger partial charge in [0.05, 0.1) is 11.9 Å². The SMILES string of the molecule is Cc1cn2nc(Sc3nnc(C4CC4)n3-c3ccccc3)sc2n1. The van der Waals surface area contributed by atoms with Crippen LogP contribution in [0.2, 0.25) is 0 Å². The molecular weight excluding hydrogens is 340 g/mol. The average Bonchev–Trinajstić information content (AvgIpc) is 3.11. The Labute approximate surface area is 146 Å². The number of nitrogens with zero attached hydrogens (tertiary/aromatic N) is 6. The summed E-state index contributed by atoms with van der Waals surface area (Å²) in [5, 5.41) is 14.3. The fourth-order valence-corrected chi connectivity index (χ4v) is 4.62. The van der Waals surface area contributed by atoms with Gasteiger partial charge >= 0.3 is 0 Å². The number of hydrogen-bond donors (Lipinski definition) is 0. The van der Waals surface area contributed by atoms with Crippen molar-refractivity contribution < 1.29 is 0 Å². The summed E-state index contributed by atoms with van der Waals surface area (Å²) in [6.45, 7) is 1.97. The van der Waals surface area contributed by atoms with Crippen LogP contribution in [0.25, 0.3) is 10.6 Å². The lowest BCUT2D eigenvalue weighted by atomic mass is 10.3. The molecule has 0 radical (unpaired) electrons. The highest BCUT2D eigenvalue weighted by molar-refractivity contribution is 8.01. The van der Waals surface area contributed by atoms with Gasteiger partial charge in [0.1, 0.15) is 5.82 Å². The fourth-order valence-electron chi connectivity index (χ4n) is 2.68.